The van der Waals surface area contributed by atoms with Gasteiger partial charge in [-0.25, -0.2) is 0 Å². The minimum Gasteiger partial charge on any atom is -0.494 e. The van der Waals surface area contributed by atoms with Crippen molar-refractivity contribution in [2.24, 2.45) is 0 Å². The van der Waals surface area contributed by atoms with Crippen LogP contribution >= 0.6 is 11.8 Å². The fraction of sp³-hybridized carbons (Fsp3) is 0.387. The van der Waals surface area contributed by atoms with Gasteiger partial charge in [0.15, 0.2) is 0 Å². The predicted molar refractivity (Wildman–Crippen MR) is 148 cm³/mol. The molecule has 5 nitrogen and oxygen atoms in total. The van der Waals surface area contributed by atoms with E-state index in [-0.39, 0.29) is 12.3 Å². The van der Waals surface area contributed by atoms with Gasteiger partial charge >= 0.3 is 5.97 Å². The Hall–Kier alpha value is -3.12. The molecule has 3 aromatic carbocycles. The van der Waals surface area contributed by atoms with E-state index in [0.717, 1.165) is 60.9 Å². The van der Waals surface area contributed by atoms with Crippen LogP contribution in [0.25, 0.3) is 11.1 Å². The number of carbonyl (C=O) groups is 1. The topological polar surface area (TPSA) is 65.0 Å². The first-order valence-electron chi connectivity index (χ1n) is 13.0. The Bertz CT molecular complexity index is 1280. The molecule has 6 heteroatoms. The van der Waals surface area contributed by atoms with E-state index in [1.807, 2.05) is 30.0 Å². The number of thioether (sulfide) groups is 1. The van der Waals surface area contributed by atoms with Crippen LogP contribution in [0.5, 0.6) is 17.2 Å². The van der Waals surface area contributed by atoms with Crippen LogP contribution in [0.1, 0.15) is 53.0 Å². The zero-order valence-corrected chi connectivity index (χ0v) is 22.4. The van der Waals surface area contributed by atoms with Gasteiger partial charge in [-0.05, 0) is 96.2 Å². The molecule has 0 saturated carbocycles. The van der Waals surface area contributed by atoms with Gasteiger partial charge in [0, 0.05) is 17.5 Å². The van der Waals surface area contributed by atoms with Crippen molar-refractivity contribution in [1.29, 1.82) is 0 Å². The van der Waals surface area contributed by atoms with E-state index in [9.17, 15) is 4.79 Å². The molecule has 1 N–H and O–H groups in total. The Morgan fingerprint density at radius 1 is 1.11 bits per heavy atom. The molecule has 0 spiro atoms. The number of hydrogen-bond donors (Lipinski definition) is 1. The van der Waals surface area contributed by atoms with E-state index < -0.39 is 5.97 Å². The molecule has 37 heavy (non-hydrogen) atoms. The summed E-state index contributed by atoms with van der Waals surface area (Å²) >= 11 is 1.85. The summed E-state index contributed by atoms with van der Waals surface area (Å²) in [5.74, 6) is 2.65. The van der Waals surface area contributed by atoms with Crippen LogP contribution in [0.4, 0.5) is 0 Å². The van der Waals surface area contributed by atoms with Crippen LogP contribution in [0, 0.1) is 6.92 Å². The number of aryl methyl sites for hydroxylation is 2. The Labute approximate surface area is 223 Å². The molecule has 0 bridgehead atoms. The monoisotopic (exact) mass is 518 g/mol. The molecule has 0 saturated heterocycles. The van der Waals surface area contributed by atoms with Crippen molar-refractivity contribution in [3.05, 3.63) is 76.3 Å². The average molecular weight is 519 g/mol. The third-order valence-electron chi connectivity index (χ3n) is 7.25. The first-order chi connectivity index (χ1) is 18.0. The van der Waals surface area contributed by atoms with E-state index >= 15 is 0 Å². The molecule has 5 rings (SSSR count). The second-order valence-electron chi connectivity index (χ2n) is 9.86. The lowest BCUT2D eigenvalue weighted by Crippen LogP contribution is -2.07. The quantitative estimate of drug-likeness (QED) is 0.297. The average Bonchev–Trinajstić information content (AvgIpc) is 3.16. The van der Waals surface area contributed by atoms with Gasteiger partial charge in [-0.2, -0.15) is 11.8 Å². The molecule has 1 heterocycles. The highest BCUT2D eigenvalue weighted by atomic mass is 32.2. The maximum absolute atomic E-state index is 11.1. The van der Waals surface area contributed by atoms with Crippen LogP contribution in [-0.2, 0) is 24.2 Å². The molecule has 194 valence electrons. The van der Waals surface area contributed by atoms with Crippen LogP contribution in [0.15, 0.2) is 48.5 Å². The van der Waals surface area contributed by atoms with Crippen molar-refractivity contribution in [2.75, 3.05) is 25.2 Å². The Morgan fingerprint density at radius 3 is 2.84 bits per heavy atom. The van der Waals surface area contributed by atoms with Crippen LogP contribution in [-0.4, -0.2) is 36.3 Å². The van der Waals surface area contributed by atoms with Crippen molar-refractivity contribution in [3.63, 3.8) is 0 Å². The number of aliphatic carboxylic acids is 1. The second-order valence-corrected chi connectivity index (χ2v) is 10.8. The first kappa shape index (κ1) is 25.5. The summed E-state index contributed by atoms with van der Waals surface area (Å²) in [6.45, 7) is 3.82. The van der Waals surface area contributed by atoms with Crippen LogP contribution in [0.2, 0.25) is 0 Å². The van der Waals surface area contributed by atoms with Gasteiger partial charge in [0.2, 0.25) is 0 Å². The minimum atomic E-state index is -0.807. The van der Waals surface area contributed by atoms with Crippen LogP contribution < -0.4 is 14.2 Å². The van der Waals surface area contributed by atoms with Crippen molar-refractivity contribution < 1.29 is 24.1 Å². The summed E-state index contributed by atoms with van der Waals surface area (Å²) in [6.07, 6.45) is 6.40. The normalized spacial score (nSPS) is 15.7. The van der Waals surface area contributed by atoms with Gasteiger partial charge in [-0.15, -0.1) is 0 Å². The minimum absolute atomic E-state index is 0.0792. The van der Waals surface area contributed by atoms with E-state index in [4.69, 9.17) is 19.3 Å². The van der Waals surface area contributed by atoms with Gasteiger partial charge in [0.25, 0.3) is 0 Å². The van der Waals surface area contributed by atoms with Crippen LogP contribution in [0.3, 0.4) is 0 Å². The Morgan fingerprint density at radius 2 is 2.00 bits per heavy atom. The molecular weight excluding hydrogens is 484 g/mol. The van der Waals surface area contributed by atoms with Gasteiger partial charge < -0.3 is 19.3 Å². The van der Waals surface area contributed by atoms with Gasteiger partial charge in [0.05, 0.1) is 19.6 Å². The van der Waals surface area contributed by atoms with E-state index in [1.165, 1.54) is 33.4 Å². The molecule has 1 atom stereocenters. The maximum Gasteiger partial charge on any atom is 0.304 e. The highest BCUT2D eigenvalue weighted by Crippen LogP contribution is 2.40. The zero-order chi connectivity index (χ0) is 25.8. The van der Waals surface area contributed by atoms with Gasteiger partial charge in [0.1, 0.15) is 23.9 Å². The number of benzene rings is 3. The molecule has 0 amide bonds. The third kappa shape index (κ3) is 5.74. The van der Waals surface area contributed by atoms with Crippen molar-refractivity contribution in [2.45, 2.75) is 51.6 Å². The molecule has 1 aliphatic carbocycles. The zero-order valence-electron chi connectivity index (χ0n) is 21.5. The van der Waals surface area contributed by atoms with E-state index in [1.54, 1.807) is 0 Å². The lowest BCUT2D eigenvalue weighted by Gasteiger charge is -2.18. The summed E-state index contributed by atoms with van der Waals surface area (Å²) in [7, 11) is 0. The first-order valence-corrected chi connectivity index (χ1v) is 14.4. The van der Waals surface area contributed by atoms with E-state index in [0.29, 0.717) is 13.2 Å². The smallest absolute Gasteiger partial charge is 0.304 e. The van der Waals surface area contributed by atoms with Crippen molar-refractivity contribution in [3.8, 4) is 28.4 Å². The molecule has 0 fully saturated rings. The third-order valence-corrected chi connectivity index (χ3v) is 7.94. The predicted octanol–water partition coefficient (Wildman–Crippen LogP) is 6.81. The number of hydrogen-bond acceptors (Lipinski definition) is 5. The summed E-state index contributed by atoms with van der Waals surface area (Å²) in [5, 5.41) is 9.14. The number of rotatable bonds is 10. The summed E-state index contributed by atoms with van der Waals surface area (Å²) in [6, 6.07) is 16.7. The summed E-state index contributed by atoms with van der Waals surface area (Å²) < 4.78 is 18.1. The largest absolute Gasteiger partial charge is 0.494 e. The fourth-order valence-electron chi connectivity index (χ4n) is 5.53. The Kier molecular flexibility index (Phi) is 7.94. The standard InChI is InChI=1S/C31H34O5S/c1-20-14-25(34-12-5-13-37-2)15-21-6-3-8-26-22(7-4-9-28(26)31(20)21)18-35-24-10-11-27-23(16-30(32)33)19-36-29(27)17-24/h4,7,9-11,14-15,17,23H,3,5-6,8,12-13,16,18-19H2,1-2H3,(H,32,33). The summed E-state index contributed by atoms with van der Waals surface area (Å²) in [5.41, 5.74) is 8.76. The van der Waals surface area contributed by atoms with Crippen molar-refractivity contribution >= 4 is 17.7 Å². The van der Waals surface area contributed by atoms with Gasteiger partial charge in [-0.3, -0.25) is 4.79 Å². The lowest BCUT2D eigenvalue weighted by atomic mass is 9.90. The molecule has 1 aliphatic heterocycles. The summed E-state index contributed by atoms with van der Waals surface area (Å²) in [4.78, 5) is 11.1. The SMILES string of the molecule is CSCCCOc1cc(C)c2c(c1)CCCc1c(COc3ccc4c(c3)OCC4CC(=O)O)cccc1-2. The number of carboxylic acids is 1. The fourth-order valence-corrected chi connectivity index (χ4v) is 5.93. The lowest BCUT2D eigenvalue weighted by molar-refractivity contribution is -0.137. The molecule has 0 aromatic heterocycles. The second kappa shape index (κ2) is 11.5. The number of carboxylic acid groups (broad SMARTS) is 1. The number of ether oxygens (including phenoxy) is 3. The molecule has 1 unspecified atom stereocenters. The molecule has 3 aromatic rings. The van der Waals surface area contributed by atoms with E-state index in [2.05, 4.69) is 43.5 Å². The van der Waals surface area contributed by atoms with Crippen molar-refractivity contribution in [1.82, 2.24) is 0 Å². The maximum atomic E-state index is 11.1. The highest BCUT2D eigenvalue weighted by molar-refractivity contribution is 7.98. The molecule has 2 aliphatic rings. The molecule has 0 radical (unpaired) electrons. The number of fused-ring (bicyclic) bond motifs is 4. The Balaban J connectivity index is 1.34. The molecular formula is C31H34O5S. The highest BCUT2D eigenvalue weighted by Gasteiger charge is 2.27. The van der Waals surface area contributed by atoms with Gasteiger partial charge in [-0.1, -0.05) is 24.3 Å².